The standard InChI is InChI=1S/C22H21N3O3S2/c1-27-14-10-11-18(28-2)15(12-14)17-13-29-22(24-17)25-20(26)8-5-9-21-23-16-6-3-4-7-19(16)30-21/h3-4,6-7,10-13H,5,8-9H2,1-2H3,(H,24,25,26). The Bertz CT molecular complexity index is 1140. The molecule has 4 rings (SSSR count). The lowest BCUT2D eigenvalue weighted by Crippen LogP contribution is -2.11. The summed E-state index contributed by atoms with van der Waals surface area (Å²) in [6.45, 7) is 0. The molecule has 0 aliphatic heterocycles. The van der Waals surface area contributed by atoms with Crippen LogP contribution in [-0.2, 0) is 11.2 Å². The molecule has 154 valence electrons. The van der Waals surface area contributed by atoms with Gasteiger partial charge in [-0.25, -0.2) is 9.97 Å². The molecule has 2 aromatic heterocycles. The number of fused-ring (bicyclic) bond motifs is 1. The second-order valence-corrected chi connectivity index (χ2v) is 8.55. The van der Waals surface area contributed by atoms with Crippen molar-refractivity contribution in [2.45, 2.75) is 19.3 Å². The molecular formula is C22H21N3O3S2. The maximum absolute atomic E-state index is 12.3. The molecule has 0 saturated heterocycles. The summed E-state index contributed by atoms with van der Waals surface area (Å²) in [4.78, 5) is 21.5. The Morgan fingerprint density at radius 3 is 2.77 bits per heavy atom. The molecule has 0 bridgehead atoms. The Morgan fingerprint density at radius 1 is 1.10 bits per heavy atom. The van der Waals surface area contributed by atoms with E-state index < -0.39 is 0 Å². The maximum atomic E-state index is 12.3. The first-order valence-electron chi connectivity index (χ1n) is 9.48. The topological polar surface area (TPSA) is 73.3 Å². The predicted octanol–water partition coefficient (Wildman–Crippen LogP) is 5.40. The molecule has 0 radical (unpaired) electrons. The van der Waals surface area contributed by atoms with Crippen molar-refractivity contribution in [1.82, 2.24) is 9.97 Å². The van der Waals surface area contributed by atoms with Gasteiger partial charge < -0.3 is 14.8 Å². The third-order valence-corrected chi connectivity index (χ3v) is 6.42. The van der Waals surface area contributed by atoms with Gasteiger partial charge in [0.2, 0.25) is 5.91 Å². The Labute approximate surface area is 182 Å². The lowest BCUT2D eigenvalue weighted by molar-refractivity contribution is -0.116. The zero-order valence-electron chi connectivity index (χ0n) is 16.7. The van der Waals surface area contributed by atoms with Crippen LogP contribution in [-0.4, -0.2) is 30.1 Å². The molecule has 6 nitrogen and oxygen atoms in total. The van der Waals surface area contributed by atoms with E-state index in [0.717, 1.165) is 40.4 Å². The second-order valence-electron chi connectivity index (χ2n) is 6.58. The quantitative estimate of drug-likeness (QED) is 0.398. The minimum absolute atomic E-state index is 0.0466. The van der Waals surface area contributed by atoms with Crippen LogP contribution in [0.1, 0.15) is 17.8 Å². The molecule has 1 amide bonds. The highest BCUT2D eigenvalue weighted by molar-refractivity contribution is 7.18. The molecule has 1 N–H and O–H groups in total. The van der Waals surface area contributed by atoms with E-state index >= 15 is 0 Å². The first kappa shape index (κ1) is 20.3. The van der Waals surface area contributed by atoms with E-state index in [9.17, 15) is 4.79 Å². The van der Waals surface area contributed by atoms with Gasteiger partial charge in [-0.2, -0.15) is 0 Å². The summed E-state index contributed by atoms with van der Waals surface area (Å²) in [6.07, 6.45) is 1.96. The Balaban J connectivity index is 1.35. The molecule has 0 unspecified atom stereocenters. The molecule has 0 aliphatic rings. The third-order valence-electron chi connectivity index (χ3n) is 4.57. The molecular weight excluding hydrogens is 418 g/mol. The van der Waals surface area contributed by atoms with E-state index in [-0.39, 0.29) is 5.91 Å². The number of benzene rings is 2. The number of carbonyl (C=O) groups excluding carboxylic acids is 1. The van der Waals surface area contributed by atoms with Gasteiger partial charge in [-0.3, -0.25) is 4.79 Å². The number of methoxy groups -OCH3 is 2. The largest absolute Gasteiger partial charge is 0.497 e. The summed E-state index contributed by atoms with van der Waals surface area (Å²) in [7, 11) is 3.23. The number of nitrogens with one attached hydrogen (secondary N) is 1. The molecule has 4 aromatic rings. The van der Waals surface area contributed by atoms with Gasteiger partial charge in [0.25, 0.3) is 0 Å². The summed E-state index contributed by atoms with van der Waals surface area (Å²) >= 11 is 3.07. The van der Waals surface area contributed by atoms with Crippen LogP contribution in [0.25, 0.3) is 21.5 Å². The van der Waals surface area contributed by atoms with Crippen LogP contribution < -0.4 is 14.8 Å². The van der Waals surface area contributed by atoms with Gasteiger partial charge in [-0.05, 0) is 43.2 Å². The van der Waals surface area contributed by atoms with Crippen molar-refractivity contribution in [3.05, 3.63) is 52.9 Å². The molecule has 8 heteroatoms. The van der Waals surface area contributed by atoms with Crippen LogP contribution >= 0.6 is 22.7 Å². The number of hydrogen-bond acceptors (Lipinski definition) is 7. The highest BCUT2D eigenvalue weighted by atomic mass is 32.1. The fourth-order valence-corrected chi connectivity index (χ4v) is 4.81. The molecule has 0 atom stereocenters. The third kappa shape index (κ3) is 4.60. The summed E-state index contributed by atoms with van der Waals surface area (Å²) in [5.74, 6) is 1.38. The number of carbonyl (C=O) groups is 1. The van der Waals surface area contributed by atoms with Crippen molar-refractivity contribution in [3.8, 4) is 22.8 Å². The minimum atomic E-state index is -0.0466. The number of anilines is 1. The van der Waals surface area contributed by atoms with Crippen LogP contribution in [0.5, 0.6) is 11.5 Å². The number of nitrogens with zero attached hydrogens (tertiary/aromatic N) is 2. The van der Waals surface area contributed by atoms with Crippen LogP contribution in [0.4, 0.5) is 5.13 Å². The average molecular weight is 440 g/mol. The van der Waals surface area contributed by atoms with E-state index in [1.165, 1.54) is 16.0 Å². The fourth-order valence-electron chi connectivity index (χ4n) is 3.08. The normalized spacial score (nSPS) is 10.9. The van der Waals surface area contributed by atoms with Gasteiger partial charge in [0, 0.05) is 17.4 Å². The van der Waals surface area contributed by atoms with Gasteiger partial charge in [-0.1, -0.05) is 12.1 Å². The number of aromatic nitrogens is 2. The molecule has 30 heavy (non-hydrogen) atoms. The number of hydrogen-bond donors (Lipinski definition) is 1. The van der Waals surface area contributed by atoms with Crippen LogP contribution in [0.2, 0.25) is 0 Å². The second kappa shape index (κ2) is 9.23. The van der Waals surface area contributed by atoms with Gasteiger partial charge >= 0.3 is 0 Å². The first-order valence-corrected chi connectivity index (χ1v) is 11.2. The zero-order chi connectivity index (χ0) is 20.9. The van der Waals surface area contributed by atoms with E-state index in [1.807, 2.05) is 41.8 Å². The number of aryl methyl sites for hydroxylation is 1. The van der Waals surface area contributed by atoms with Crippen molar-refractivity contribution in [3.63, 3.8) is 0 Å². The summed E-state index contributed by atoms with van der Waals surface area (Å²) in [5.41, 5.74) is 2.58. The van der Waals surface area contributed by atoms with E-state index in [1.54, 1.807) is 25.6 Å². The highest BCUT2D eigenvalue weighted by Gasteiger charge is 2.13. The monoisotopic (exact) mass is 439 g/mol. The predicted molar refractivity (Wildman–Crippen MR) is 122 cm³/mol. The van der Waals surface area contributed by atoms with Crippen molar-refractivity contribution >= 4 is 43.9 Å². The summed E-state index contributed by atoms with van der Waals surface area (Å²) in [5, 5.41) is 6.42. The average Bonchev–Trinajstić information content (AvgIpc) is 3.39. The SMILES string of the molecule is COc1ccc(OC)c(-c2csc(NC(=O)CCCc3nc4ccccc4s3)n2)c1. The lowest BCUT2D eigenvalue weighted by atomic mass is 10.1. The Hall–Kier alpha value is -2.97. The summed E-state index contributed by atoms with van der Waals surface area (Å²) < 4.78 is 11.9. The number of thiazole rings is 2. The number of amides is 1. The van der Waals surface area contributed by atoms with E-state index in [4.69, 9.17) is 9.47 Å². The van der Waals surface area contributed by atoms with E-state index in [2.05, 4.69) is 21.4 Å². The van der Waals surface area contributed by atoms with Crippen molar-refractivity contribution < 1.29 is 14.3 Å². The Kier molecular flexibility index (Phi) is 6.25. The molecule has 0 aliphatic carbocycles. The number of ether oxygens (including phenoxy) is 2. The molecule has 0 spiro atoms. The molecule has 0 saturated carbocycles. The zero-order valence-corrected chi connectivity index (χ0v) is 18.3. The van der Waals surface area contributed by atoms with Crippen molar-refractivity contribution in [2.75, 3.05) is 19.5 Å². The molecule has 2 aromatic carbocycles. The summed E-state index contributed by atoms with van der Waals surface area (Å²) in [6, 6.07) is 13.6. The smallest absolute Gasteiger partial charge is 0.226 e. The van der Waals surface area contributed by atoms with Crippen molar-refractivity contribution in [2.24, 2.45) is 0 Å². The molecule has 0 fully saturated rings. The lowest BCUT2D eigenvalue weighted by Gasteiger charge is -2.08. The van der Waals surface area contributed by atoms with Gasteiger partial charge in [-0.15, -0.1) is 22.7 Å². The number of rotatable bonds is 8. The van der Waals surface area contributed by atoms with Gasteiger partial charge in [0.1, 0.15) is 11.5 Å². The maximum Gasteiger partial charge on any atom is 0.226 e. The minimum Gasteiger partial charge on any atom is -0.497 e. The first-order chi connectivity index (χ1) is 14.7. The fraction of sp³-hybridized carbons (Fsp3) is 0.227. The Morgan fingerprint density at radius 2 is 1.97 bits per heavy atom. The van der Waals surface area contributed by atoms with E-state index in [0.29, 0.717) is 17.3 Å². The van der Waals surface area contributed by atoms with Crippen LogP contribution in [0, 0.1) is 0 Å². The van der Waals surface area contributed by atoms with Gasteiger partial charge in [0.05, 0.1) is 35.1 Å². The number of para-hydroxylation sites is 1. The van der Waals surface area contributed by atoms with Crippen LogP contribution in [0.3, 0.4) is 0 Å². The highest BCUT2D eigenvalue weighted by Crippen LogP contribution is 2.35. The van der Waals surface area contributed by atoms with Crippen LogP contribution in [0.15, 0.2) is 47.8 Å². The van der Waals surface area contributed by atoms with Gasteiger partial charge in [0.15, 0.2) is 5.13 Å². The van der Waals surface area contributed by atoms with Crippen molar-refractivity contribution in [1.29, 1.82) is 0 Å². The molecule has 2 heterocycles.